The molecule has 3 heteroatoms. The Bertz CT molecular complexity index is 794. The van der Waals surface area contributed by atoms with Gasteiger partial charge in [-0.1, -0.05) is 51.1 Å². The van der Waals surface area contributed by atoms with Crippen LogP contribution in [0, 0.1) is 20.3 Å². The van der Waals surface area contributed by atoms with Gasteiger partial charge >= 0.3 is 0 Å². The van der Waals surface area contributed by atoms with Gasteiger partial charge in [0.15, 0.2) is 0 Å². The molecule has 2 saturated carbocycles. The van der Waals surface area contributed by atoms with Crippen LogP contribution in [0.5, 0.6) is 5.75 Å². The van der Waals surface area contributed by atoms with Gasteiger partial charge in [-0.25, -0.2) is 0 Å². The zero-order chi connectivity index (χ0) is 18.9. The van der Waals surface area contributed by atoms with Crippen LogP contribution in [-0.4, -0.2) is 12.9 Å². The largest absolute Gasteiger partial charge is 0.497 e. The van der Waals surface area contributed by atoms with Crippen molar-refractivity contribution in [3.63, 3.8) is 0 Å². The number of hydrogen-bond acceptors (Lipinski definition) is 2. The third-order valence-electron chi connectivity index (χ3n) is 6.76. The first-order chi connectivity index (χ1) is 12.3. The Morgan fingerprint density at radius 2 is 1.69 bits per heavy atom. The molecule has 0 aliphatic heterocycles. The Balaban J connectivity index is 0.000000158. The maximum absolute atomic E-state index is 11.6. The van der Waals surface area contributed by atoms with Crippen molar-refractivity contribution in [3.8, 4) is 16.9 Å². The summed E-state index contributed by atoms with van der Waals surface area (Å²) in [6, 6.07) is 16.5. The molecule has 2 aromatic rings. The number of ketones is 1. The highest BCUT2D eigenvalue weighted by Crippen LogP contribution is 2.63. The standard InChI is InChI=1S/C13H11IO.C10H16O/c1-15-11-8-6-10(7-9-11)12-4-2-3-5-13(12)14;1-9(2)7-4-5-10(9,3)8(11)6-7/h2-9H,1H3;7H,4-6H2,1-3H3. The van der Waals surface area contributed by atoms with Gasteiger partial charge in [0.25, 0.3) is 0 Å². The highest BCUT2D eigenvalue weighted by Gasteiger charge is 2.61. The lowest BCUT2D eigenvalue weighted by atomic mass is 9.70. The van der Waals surface area contributed by atoms with Crippen LogP contribution in [0.1, 0.15) is 40.0 Å². The van der Waals surface area contributed by atoms with Crippen LogP contribution in [0.3, 0.4) is 0 Å². The van der Waals surface area contributed by atoms with Crippen LogP contribution in [0.2, 0.25) is 0 Å². The van der Waals surface area contributed by atoms with Crippen molar-refractivity contribution >= 4 is 28.4 Å². The maximum atomic E-state index is 11.6. The van der Waals surface area contributed by atoms with Gasteiger partial charge < -0.3 is 4.74 Å². The number of benzene rings is 2. The Morgan fingerprint density at radius 1 is 1.04 bits per heavy atom. The van der Waals surface area contributed by atoms with Crippen molar-refractivity contribution in [1.29, 1.82) is 0 Å². The lowest BCUT2D eigenvalue weighted by molar-refractivity contribution is -0.128. The molecule has 0 aromatic heterocycles. The molecule has 0 radical (unpaired) electrons. The first-order valence-electron chi connectivity index (χ1n) is 9.22. The summed E-state index contributed by atoms with van der Waals surface area (Å²) >= 11 is 2.35. The van der Waals surface area contributed by atoms with E-state index in [2.05, 4.69) is 79.8 Å². The number of Topliss-reactive ketones (excluding diaryl/α,β-unsaturated/α-hetero) is 1. The summed E-state index contributed by atoms with van der Waals surface area (Å²) in [5.74, 6) is 2.09. The predicted octanol–water partition coefficient (Wildman–Crippen LogP) is 6.37. The zero-order valence-corrected chi connectivity index (χ0v) is 18.2. The third-order valence-corrected chi connectivity index (χ3v) is 7.70. The molecule has 138 valence electrons. The maximum Gasteiger partial charge on any atom is 0.139 e. The molecule has 2 aliphatic carbocycles. The van der Waals surface area contributed by atoms with Gasteiger partial charge in [-0.3, -0.25) is 4.79 Å². The summed E-state index contributed by atoms with van der Waals surface area (Å²) in [6.07, 6.45) is 3.25. The number of hydrogen-bond donors (Lipinski definition) is 0. The molecule has 0 N–H and O–H groups in total. The highest BCUT2D eigenvalue weighted by molar-refractivity contribution is 14.1. The van der Waals surface area contributed by atoms with Gasteiger partial charge in [-0.15, -0.1) is 0 Å². The number of halogens is 1. The molecule has 2 nitrogen and oxygen atoms in total. The molecular weight excluding hydrogens is 435 g/mol. The van der Waals surface area contributed by atoms with Gasteiger partial charge in [0.2, 0.25) is 0 Å². The van der Waals surface area contributed by atoms with Crippen molar-refractivity contribution < 1.29 is 9.53 Å². The number of carbonyl (C=O) groups is 1. The van der Waals surface area contributed by atoms with Gasteiger partial charge in [0, 0.05) is 15.4 Å². The second kappa shape index (κ2) is 7.34. The van der Waals surface area contributed by atoms with E-state index in [-0.39, 0.29) is 10.8 Å². The summed E-state index contributed by atoms with van der Waals surface area (Å²) in [5, 5.41) is 0. The number of rotatable bonds is 2. The second-order valence-corrected chi connectivity index (χ2v) is 9.29. The normalized spacial score (nSPS) is 25.6. The van der Waals surface area contributed by atoms with Crippen LogP contribution in [0.4, 0.5) is 0 Å². The van der Waals surface area contributed by atoms with Crippen molar-refractivity contribution in [1.82, 2.24) is 0 Å². The second-order valence-electron chi connectivity index (χ2n) is 8.13. The minimum atomic E-state index is 0.0255. The monoisotopic (exact) mass is 462 g/mol. The Morgan fingerprint density at radius 3 is 2.12 bits per heavy atom. The number of ether oxygens (including phenoxy) is 1. The zero-order valence-electron chi connectivity index (χ0n) is 16.0. The quantitative estimate of drug-likeness (QED) is 0.485. The summed E-state index contributed by atoms with van der Waals surface area (Å²) in [4.78, 5) is 11.6. The smallest absolute Gasteiger partial charge is 0.139 e. The molecule has 2 aliphatic rings. The first-order valence-corrected chi connectivity index (χ1v) is 10.3. The molecule has 2 bridgehead atoms. The molecule has 0 spiro atoms. The first kappa shape index (κ1) is 19.4. The SMILES string of the molecule is CC12CCC(CC1=O)C2(C)C.COc1ccc(-c2ccccc2I)cc1. The summed E-state index contributed by atoms with van der Waals surface area (Å²) in [7, 11) is 1.68. The Hall–Kier alpha value is -1.36. The average molecular weight is 462 g/mol. The molecule has 0 amide bonds. The summed E-state index contributed by atoms with van der Waals surface area (Å²) in [6.45, 7) is 6.67. The van der Waals surface area contributed by atoms with Gasteiger partial charge in [0.05, 0.1) is 7.11 Å². The van der Waals surface area contributed by atoms with Crippen molar-refractivity contribution in [3.05, 3.63) is 52.1 Å². The molecule has 2 fully saturated rings. The van der Waals surface area contributed by atoms with Crippen LogP contribution < -0.4 is 4.74 Å². The molecule has 26 heavy (non-hydrogen) atoms. The fraction of sp³-hybridized carbons (Fsp3) is 0.435. The summed E-state index contributed by atoms with van der Waals surface area (Å²) < 4.78 is 6.40. The van der Waals surface area contributed by atoms with Crippen LogP contribution >= 0.6 is 22.6 Å². The molecule has 2 atom stereocenters. The lowest BCUT2D eigenvalue weighted by Gasteiger charge is -2.32. The lowest BCUT2D eigenvalue weighted by Crippen LogP contribution is -2.32. The highest BCUT2D eigenvalue weighted by atomic mass is 127. The van der Waals surface area contributed by atoms with Crippen molar-refractivity contribution in [2.75, 3.05) is 7.11 Å². The van der Waals surface area contributed by atoms with Crippen molar-refractivity contribution in [2.24, 2.45) is 16.7 Å². The molecule has 2 aromatic carbocycles. The summed E-state index contributed by atoms with van der Waals surface area (Å²) in [5.41, 5.74) is 2.79. The van der Waals surface area contributed by atoms with Crippen LogP contribution in [0.25, 0.3) is 11.1 Å². The molecule has 0 saturated heterocycles. The topological polar surface area (TPSA) is 26.3 Å². The Labute approximate surface area is 170 Å². The van der Waals surface area contributed by atoms with E-state index >= 15 is 0 Å². The van der Waals surface area contributed by atoms with Crippen LogP contribution in [0.15, 0.2) is 48.5 Å². The third kappa shape index (κ3) is 3.30. The van der Waals surface area contributed by atoms with Gasteiger partial charge in [0.1, 0.15) is 11.5 Å². The Kier molecular flexibility index (Phi) is 5.48. The predicted molar refractivity (Wildman–Crippen MR) is 115 cm³/mol. The van der Waals surface area contributed by atoms with Gasteiger partial charge in [-0.05, 0) is 76.1 Å². The van der Waals surface area contributed by atoms with E-state index in [4.69, 9.17) is 4.74 Å². The minimum Gasteiger partial charge on any atom is -0.497 e. The van der Waals surface area contributed by atoms with E-state index in [1.54, 1.807) is 7.11 Å². The van der Waals surface area contributed by atoms with Gasteiger partial charge in [-0.2, -0.15) is 0 Å². The molecular formula is C23H27IO2. The average Bonchev–Trinajstić information content (AvgIpc) is 2.96. The van der Waals surface area contributed by atoms with Crippen LogP contribution in [-0.2, 0) is 4.79 Å². The van der Waals surface area contributed by atoms with E-state index < -0.39 is 0 Å². The molecule has 4 rings (SSSR count). The van der Waals surface area contributed by atoms with E-state index in [0.29, 0.717) is 11.7 Å². The molecule has 0 heterocycles. The van der Waals surface area contributed by atoms with E-state index in [9.17, 15) is 4.79 Å². The minimum absolute atomic E-state index is 0.0255. The van der Waals surface area contributed by atoms with E-state index in [1.165, 1.54) is 21.1 Å². The fourth-order valence-corrected chi connectivity index (χ4v) is 5.07. The van der Waals surface area contributed by atoms with E-state index in [1.807, 2.05) is 12.1 Å². The number of carbonyl (C=O) groups excluding carboxylic acids is 1. The number of methoxy groups -OCH3 is 1. The fourth-order valence-electron chi connectivity index (χ4n) is 4.37. The molecule has 2 unspecified atom stereocenters. The number of fused-ring (bicyclic) bond motifs is 2. The van der Waals surface area contributed by atoms with Crippen molar-refractivity contribution in [2.45, 2.75) is 40.0 Å². The van der Waals surface area contributed by atoms with E-state index in [0.717, 1.165) is 18.6 Å².